The van der Waals surface area contributed by atoms with Crippen molar-refractivity contribution in [2.45, 2.75) is 63.1 Å². The normalized spacial score (nSPS) is 21.1. The Kier molecular flexibility index (Phi) is 6.92. The monoisotopic (exact) mass is 406 g/mol. The quantitative estimate of drug-likeness (QED) is 0.193. The van der Waals surface area contributed by atoms with Crippen LogP contribution in [0.3, 0.4) is 0 Å². The molecule has 1 unspecified atom stereocenters. The van der Waals surface area contributed by atoms with Crippen LogP contribution >= 0.6 is 0 Å². The number of carbonyl (C=O) groups excluding carboxylic acids is 5. The van der Waals surface area contributed by atoms with E-state index < -0.39 is 63.4 Å². The number of carbonyl (C=O) groups is 6. The summed E-state index contributed by atoms with van der Waals surface area (Å²) in [5.74, 6) is -11.6. The minimum absolute atomic E-state index is 0.339. The van der Waals surface area contributed by atoms with E-state index in [4.69, 9.17) is 0 Å². The van der Waals surface area contributed by atoms with E-state index in [1.165, 1.54) is 0 Å². The molecule has 158 valence electrons. The Bertz CT molecular complexity index is 741. The Hall–Kier alpha value is -2.38. The van der Waals surface area contributed by atoms with Crippen LogP contribution in [0.1, 0.15) is 34.6 Å². The predicted octanol–water partition coefficient (Wildman–Crippen LogP) is -3.70. The van der Waals surface area contributed by atoms with E-state index in [0.717, 1.165) is 0 Å². The van der Waals surface area contributed by atoms with Gasteiger partial charge in [-0.1, -0.05) is 0 Å². The van der Waals surface area contributed by atoms with Crippen LogP contribution in [0.2, 0.25) is 0 Å². The van der Waals surface area contributed by atoms with Crippen molar-refractivity contribution in [2.75, 3.05) is 0 Å². The average molecular weight is 406 g/mol. The minimum Gasteiger partial charge on any atom is -0.479 e. The van der Waals surface area contributed by atoms with Crippen LogP contribution in [-0.4, -0.2) is 94.0 Å². The molecule has 0 heterocycles. The summed E-state index contributed by atoms with van der Waals surface area (Å²) in [4.78, 5) is 71.6. The molecule has 12 nitrogen and oxygen atoms in total. The van der Waals surface area contributed by atoms with Gasteiger partial charge in [-0.2, -0.15) is 0 Å². The standard InChI is InChI=1S/C16H22O12/c1-6(17)11(22)13(25,7(2)18)15(27,9(4)20)16(28,10(5)21)14(26,8(3)19)12(23)24/h11,22,25-28H,1-5H3,(H,23,24)/t11?,13-,14+,15-,16-/m1/s1. The summed E-state index contributed by atoms with van der Waals surface area (Å²) >= 11 is 0. The first-order valence-corrected chi connectivity index (χ1v) is 7.68. The second-order valence-corrected chi connectivity index (χ2v) is 6.44. The molecule has 0 radical (unpaired) electrons. The van der Waals surface area contributed by atoms with Gasteiger partial charge < -0.3 is 30.6 Å². The summed E-state index contributed by atoms with van der Waals surface area (Å²) in [7, 11) is 0. The number of hydrogen-bond acceptors (Lipinski definition) is 11. The van der Waals surface area contributed by atoms with Crippen molar-refractivity contribution in [3.05, 3.63) is 0 Å². The predicted molar refractivity (Wildman–Crippen MR) is 86.8 cm³/mol. The van der Waals surface area contributed by atoms with E-state index in [2.05, 4.69) is 0 Å². The van der Waals surface area contributed by atoms with Crippen LogP contribution in [0.5, 0.6) is 0 Å². The third kappa shape index (κ3) is 2.89. The lowest BCUT2D eigenvalue weighted by Gasteiger charge is -2.52. The molecule has 12 heteroatoms. The largest absolute Gasteiger partial charge is 0.479 e. The highest BCUT2D eigenvalue weighted by Gasteiger charge is 2.81. The molecular formula is C16H22O12. The van der Waals surface area contributed by atoms with Crippen molar-refractivity contribution in [3.8, 4) is 0 Å². The Morgan fingerprint density at radius 1 is 0.643 bits per heavy atom. The van der Waals surface area contributed by atoms with Crippen molar-refractivity contribution < 1.29 is 59.4 Å². The van der Waals surface area contributed by atoms with Gasteiger partial charge in [0.2, 0.25) is 11.2 Å². The molecule has 0 aromatic rings. The van der Waals surface area contributed by atoms with Crippen LogP contribution in [-0.2, 0) is 28.8 Å². The van der Waals surface area contributed by atoms with Gasteiger partial charge >= 0.3 is 5.97 Å². The molecule has 5 atom stereocenters. The number of aliphatic hydroxyl groups excluding tert-OH is 1. The molecule has 6 N–H and O–H groups in total. The third-order valence-corrected chi connectivity index (χ3v) is 4.75. The molecule has 28 heavy (non-hydrogen) atoms. The minimum atomic E-state index is -4.40. The van der Waals surface area contributed by atoms with Crippen LogP contribution in [0, 0.1) is 0 Å². The zero-order chi connectivity index (χ0) is 23.0. The van der Waals surface area contributed by atoms with Gasteiger partial charge in [0.15, 0.2) is 40.6 Å². The number of hydrogen-bond donors (Lipinski definition) is 6. The van der Waals surface area contributed by atoms with Crippen molar-refractivity contribution in [3.63, 3.8) is 0 Å². The molecule has 0 amide bonds. The molecule has 0 spiro atoms. The van der Waals surface area contributed by atoms with Gasteiger partial charge in [0.25, 0.3) is 5.60 Å². The second-order valence-electron chi connectivity index (χ2n) is 6.44. The van der Waals surface area contributed by atoms with E-state index >= 15 is 0 Å². The first-order chi connectivity index (χ1) is 12.3. The number of Topliss-reactive ketones (excluding diaryl/α,β-unsaturated/α-hetero) is 5. The molecule has 0 saturated carbocycles. The van der Waals surface area contributed by atoms with Gasteiger partial charge in [0, 0.05) is 0 Å². The van der Waals surface area contributed by atoms with Gasteiger partial charge in [-0.05, 0) is 34.6 Å². The zero-order valence-electron chi connectivity index (χ0n) is 15.7. The van der Waals surface area contributed by atoms with E-state index in [1.807, 2.05) is 0 Å². The van der Waals surface area contributed by atoms with Gasteiger partial charge in [0.05, 0.1) is 0 Å². The fraction of sp³-hybridized carbons (Fsp3) is 0.625. The van der Waals surface area contributed by atoms with Crippen molar-refractivity contribution in [2.24, 2.45) is 0 Å². The molecule has 0 bridgehead atoms. The van der Waals surface area contributed by atoms with Crippen molar-refractivity contribution >= 4 is 34.9 Å². The fourth-order valence-corrected chi connectivity index (χ4v) is 3.07. The topological polar surface area (TPSA) is 224 Å². The maximum Gasteiger partial charge on any atom is 0.347 e. The Balaban J connectivity index is 7.76. The van der Waals surface area contributed by atoms with Gasteiger partial charge in [-0.3, -0.25) is 24.0 Å². The number of rotatable bonds is 10. The van der Waals surface area contributed by atoms with Crippen LogP contribution in [0.25, 0.3) is 0 Å². The smallest absolute Gasteiger partial charge is 0.347 e. The first kappa shape index (κ1) is 25.6. The number of carboxylic acid groups (broad SMARTS) is 1. The third-order valence-electron chi connectivity index (χ3n) is 4.75. The molecule has 0 aliphatic carbocycles. The molecule has 0 aliphatic rings. The van der Waals surface area contributed by atoms with Gasteiger partial charge in [-0.15, -0.1) is 0 Å². The molecular weight excluding hydrogens is 384 g/mol. The molecule has 0 aromatic heterocycles. The highest BCUT2D eigenvalue weighted by atomic mass is 16.5. The van der Waals surface area contributed by atoms with Gasteiger partial charge in [0.1, 0.15) is 0 Å². The number of carboxylic acids is 1. The fourth-order valence-electron chi connectivity index (χ4n) is 3.07. The molecule has 0 fully saturated rings. The van der Waals surface area contributed by atoms with Crippen LogP contribution in [0.4, 0.5) is 0 Å². The maximum atomic E-state index is 12.3. The Morgan fingerprint density at radius 2 is 1.00 bits per heavy atom. The molecule has 0 rings (SSSR count). The first-order valence-electron chi connectivity index (χ1n) is 7.68. The lowest BCUT2D eigenvalue weighted by atomic mass is 9.56. The average Bonchev–Trinajstić information content (AvgIpc) is 2.56. The molecule has 0 saturated heterocycles. The van der Waals surface area contributed by atoms with Crippen LogP contribution in [0.15, 0.2) is 0 Å². The Morgan fingerprint density at radius 3 is 1.18 bits per heavy atom. The van der Waals surface area contributed by atoms with Crippen molar-refractivity contribution in [1.29, 1.82) is 0 Å². The summed E-state index contributed by atoms with van der Waals surface area (Å²) in [6.45, 7) is 2.11. The Labute approximate surface area is 158 Å². The molecule has 0 aromatic carbocycles. The summed E-state index contributed by atoms with van der Waals surface area (Å²) in [5, 5.41) is 62.2. The lowest BCUT2D eigenvalue weighted by Crippen LogP contribution is -2.87. The number of ketones is 5. The van der Waals surface area contributed by atoms with E-state index in [9.17, 15) is 59.4 Å². The highest BCUT2D eigenvalue weighted by molar-refractivity contribution is 6.17. The number of aliphatic carboxylic acids is 1. The van der Waals surface area contributed by atoms with Gasteiger partial charge in [-0.25, -0.2) is 4.79 Å². The van der Waals surface area contributed by atoms with E-state index in [0.29, 0.717) is 34.6 Å². The second kappa shape index (κ2) is 7.56. The van der Waals surface area contributed by atoms with Crippen LogP contribution < -0.4 is 0 Å². The van der Waals surface area contributed by atoms with Crippen molar-refractivity contribution in [1.82, 2.24) is 0 Å². The summed E-state index contributed by atoms with van der Waals surface area (Å²) < 4.78 is 0. The molecule has 0 aliphatic heterocycles. The SMILES string of the molecule is CC(=O)C(O)[C@](O)(C(C)=O)[C@](O)(C(C)=O)[C@@](O)(C(C)=O)[C@](O)(C(C)=O)C(=O)O. The summed E-state index contributed by atoms with van der Waals surface area (Å²) in [6.07, 6.45) is -2.96. The lowest BCUT2D eigenvalue weighted by molar-refractivity contribution is -0.275. The number of aliphatic hydroxyl groups is 5. The summed E-state index contributed by atoms with van der Waals surface area (Å²) in [5.41, 5.74) is -17.0. The zero-order valence-corrected chi connectivity index (χ0v) is 15.7. The van der Waals surface area contributed by atoms with E-state index in [-0.39, 0.29) is 0 Å². The maximum absolute atomic E-state index is 12.3. The summed E-state index contributed by atoms with van der Waals surface area (Å²) in [6, 6.07) is 0. The highest BCUT2D eigenvalue weighted by Crippen LogP contribution is 2.44. The van der Waals surface area contributed by atoms with E-state index in [1.54, 1.807) is 0 Å².